The van der Waals surface area contributed by atoms with E-state index in [-0.39, 0.29) is 5.91 Å². The van der Waals surface area contributed by atoms with Gasteiger partial charge in [0, 0.05) is 23.2 Å². The van der Waals surface area contributed by atoms with Crippen LogP contribution in [0.1, 0.15) is 32.3 Å². The first-order chi connectivity index (χ1) is 10.6. The van der Waals surface area contributed by atoms with Crippen molar-refractivity contribution in [2.45, 2.75) is 26.7 Å². The van der Waals surface area contributed by atoms with Crippen molar-refractivity contribution in [3.8, 4) is 0 Å². The van der Waals surface area contributed by atoms with Crippen LogP contribution in [0.4, 0.5) is 0 Å². The lowest BCUT2D eigenvalue weighted by atomic mass is 10.2. The number of nitrogens with one attached hydrogen (secondary N) is 1. The number of allylic oxidation sites excluding steroid dienone is 4. The molecule has 0 aliphatic heterocycles. The molecule has 0 unspecified atom stereocenters. The highest BCUT2D eigenvalue weighted by atomic mass is 35.5. The van der Waals surface area contributed by atoms with E-state index >= 15 is 0 Å². The van der Waals surface area contributed by atoms with Crippen molar-refractivity contribution < 1.29 is 9.53 Å². The molecule has 1 N–H and O–H groups in total. The van der Waals surface area contributed by atoms with Gasteiger partial charge in [0.2, 0.25) is 5.91 Å². The standard InChI is InChI=1S/C18H22ClNO2/c1-4-15(11-12-16(5-2)22-3)20-18(21)13-10-14-8-6-7-9-17(14)19/h6-13H,4-5H2,1-3H3,(H,20,21)/b13-10+,15-11+,16-12+. The van der Waals surface area contributed by atoms with Crippen LogP contribution in [0.25, 0.3) is 6.08 Å². The molecule has 0 aromatic heterocycles. The summed E-state index contributed by atoms with van der Waals surface area (Å²) in [4.78, 5) is 11.9. The Balaban J connectivity index is 2.72. The quantitative estimate of drug-likeness (QED) is 0.449. The molecule has 0 radical (unpaired) electrons. The van der Waals surface area contributed by atoms with E-state index in [1.54, 1.807) is 19.3 Å². The van der Waals surface area contributed by atoms with Gasteiger partial charge in [-0.25, -0.2) is 0 Å². The number of hydrogen-bond donors (Lipinski definition) is 1. The minimum Gasteiger partial charge on any atom is -0.501 e. The van der Waals surface area contributed by atoms with E-state index in [0.717, 1.165) is 29.9 Å². The Morgan fingerprint density at radius 2 is 1.95 bits per heavy atom. The minimum atomic E-state index is -0.183. The van der Waals surface area contributed by atoms with Gasteiger partial charge in [-0.15, -0.1) is 0 Å². The number of rotatable bonds is 7. The van der Waals surface area contributed by atoms with E-state index in [2.05, 4.69) is 5.32 Å². The van der Waals surface area contributed by atoms with Crippen LogP contribution in [0.2, 0.25) is 5.02 Å². The molecule has 4 heteroatoms. The fraction of sp³-hybridized carbons (Fsp3) is 0.278. The molecule has 22 heavy (non-hydrogen) atoms. The molecule has 0 saturated heterocycles. The lowest BCUT2D eigenvalue weighted by Crippen LogP contribution is -2.19. The predicted octanol–water partition coefficient (Wildman–Crippen LogP) is 4.70. The third-order valence-corrected chi connectivity index (χ3v) is 3.41. The van der Waals surface area contributed by atoms with E-state index < -0.39 is 0 Å². The monoisotopic (exact) mass is 319 g/mol. The van der Waals surface area contributed by atoms with Crippen molar-refractivity contribution in [1.29, 1.82) is 0 Å². The third-order valence-electron chi connectivity index (χ3n) is 3.07. The maximum absolute atomic E-state index is 11.9. The highest BCUT2D eigenvalue weighted by molar-refractivity contribution is 6.32. The Hall–Kier alpha value is -2.00. The molecule has 1 amide bonds. The number of benzene rings is 1. The van der Waals surface area contributed by atoms with Gasteiger partial charge in [-0.3, -0.25) is 4.79 Å². The molecular weight excluding hydrogens is 298 g/mol. The first kappa shape index (κ1) is 18.1. The van der Waals surface area contributed by atoms with Gasteiger partial charge in [0.25, 0.3) is 0 Å². The molecule has 0 saturated carbocycles. The summed E-state index contributed by atoms with van der Waals surface area (Å²) in [6, 6.07) is 7.38. The average molecular weight is 320 g/mol. The fourth-order valence-electron chi connectivity index (χ4n) is 1.75. The van der Waals surface area contributed by atoms with Crippen molar-refractivity contribution in [1.82, 2.24) is 5.32 Å². The lowest BCUT2D eigenvalue weighted by Gasteiger charge is -2.05. The summed E-state index contributed by atoms with van der Waals surface area (Å²) in [5.74, 6) is 0.684. The van der Waals surface area contributed by atoms with E-state index in [1.807, 2.05) is 44.2 Å². The molecule has 0 spiro atoms. The largest absolute Gasteiger partial charge is 0.501 e. The Morgan fingerprint density at radius 1 is 1.23 bits per heavy atom. The molecule has 0 heterocycles. The SMILES string of the molecule is CC/C(=C\C=C(/CC)OC)NC(=O)/C=C/c1ccccc1Cl. The molecular formula is C18H22ClNO2. The van der Waals surface area contributed by atoms with Gasteiger partial charge in [-0.05, 0) is 36.3 Å². The maximum Gasteiger partial charge on any atom is 0.248 e. The molecule has 0 fully saturated rings. The molecule has 0 aliphatic rings. The lowest BCUT2D eigenvalue weighted by molar-refractivity contribution is -0.115. The molecule has 1 aromatic carbocycles. The van der Waals surface area contributed by atoms with Crippen LogP contribution in [-0.4, -0.2) is 13.0 Å². The normalized spacial score (nSPS) is 12.5. The summed E-state index contributed by atoms with van der Waals surface area (Å²) in [6.45, 7) is 4.00. The molecule has 0 atom stereocenters. The van der Waals surface area contributed by atoms with Gasteiger partial charge in [-0.1, -0.05) is 43.6 Å². The third kappa shape index (κ3) is 6.19. The zero-order chi connectivity index (χ0) is 16.4. The Labute approximate surface area is 137 Å². The Kier molecular flexibility index (Phi) is 8.08. The van der Waals surface area contributed by atoms with Crippen LogP contribution < -0.4 is 5.32 Å². The summed E-state index contributed by atoms with van der Waals surface area (Å²) < 4.78 is 5.19. The van der Waals surface area contributed by atoms with Gasteiger partial charge in [0.15, 0.2) is 0 Å². The molecule has 3 nitrogen and oxygen atoms in total. The Bertz CT molecular complexity index is 583. The van der Waals surface area contributed by atoms with Crippen LogP contribution in [0.15, 0.2) is 53.9 Å². The van der Waals surface area contributed by atoms with E-state index in [1.165, 1.54) is 6.08 Å². The number of carbonyl (C=O) groups excluding carboxylic acids is 1. The summed E-state index contributed by atoms with van der Waals surface area (Å²) in [7, 11) is 1.64. The first-order valence-electron chi connectivity index (χ1n) is 7.28. The van der Waals surface area contributed by atoms with Crippen molar-refractivity contribution in [3.63, 3.8) is 0 Å². The van der Waals surface area contributed by atoms with Crippen LogP contribution in [0.5, 0.6) is 0 Å². The summed E-state index contributed by atoms with van der Waals surface area (Å²) in [5.41, 5.74) is 1.64. The summed E-state index contributed by atoms with van der Waals surface area (Å²) in [6.07, 6.45) is 8.45. The zero-order valence-corrected chi connectivity index (χ0v) is 14.0. The number of hydrogen-bond acceptors (Lipinski definition) is 2. The van der Waals surface area contributed by atoms with Crippen molar-refractivity contribution >= 4 is 23.6 Å². The van der Waals surface area contributed by atoms with E-state index in [4.69, 9.17) is 16.3 Å². The number of halogens is 1. The highest BCUT2D eigenvalue weighted by Crippen LogP contribution is 2.16. The highest BCUT2D eigenvalue weighted by Gasteiger charge is 2.00. The molecule has 0 bridgehead atoms. The smallest absolute Gasteiger partial charge is 0.248 e. The van der Waals surface area contributed by atoms with Crippen LogP contribution >= 0.6 is 11.6 Å². The van der Waals surface area contributed by atoms with E-state index in [9.17, 15) is 4.79 Å². The maximum atomic E-state index is 11.9. The van der Waals surface area contributed by atoms with Crippen LogP contribution in [-0.2, 0) is 9.53 Å². The number of ether oxygens (including phenoxy) is 1. The van der Waals surface area contributed by atoms with Gasteiger partial charge in [0.05, 0.1) is 12.9 Å². The van der Waals surface area contributed by atoms with Gasteiger partial charge in [-0.2, -0.15) is 0 Å². The van der Waals surface area contributed by atoms with Crippen molar-refractivity contribution in [2.75, 3.05) is 7.11 Å². The zero-order valence-electron chi connectivity index (χ0n) is 13.2. The topological polar surface area (TPSA) is 38.3 Å². The predicted molar refractivity (Wildman–Crippen MR) is 92.4 cm³/mol. The molecule has 1 aromatic rings. The van der Waals surface area contributed by atoms with Crippen LogP contribution in [0.3, 0.4) is 0 Å². The fourth-order valence-corrected chi connectivity index (χ4v) is 1.95. The van der Waals surface area contributed by atoms with Gasteiger partial charge in [0.1, 0.15) is 0 Å². The second-order valence-corrected chi connectivity index (χ2v) is 4.99. The summed E-state index contributed by atoms with van der Waals surface area (Å²) >= 11 is 6.04. The molecule has 1 rings (SSSR count). The van der Waals surface area contributed by atoms with Crippen LogP contribution in [0, 0.1) is 0 Å². The number of methoxy groups -OCH3 is 1. The second kappa shape index (κ2) is 9.85. The van der Waals surface area contributed by atoms with Gasteiger partial charge >= 0.3 is 0 Å². The first-order valence-corrected chi connectivity index (χ1v) is 7.65. The number of carbonyl (C=O) groups is 1. The number of amides is 1. The Morgan fingerprint density at radius 3 is 2.55 bits per heavy atom. The van der Waals surface area contributed by atoms with Gasteiger partial charge < -0.3 is 10.1 Å². The van der Waals surface area contributed by atoms with E-state index in [0.29, 0.717) is 5.02 Å². The minimum absolute atomic E-state index is 0.183. The summed E-state index contributed by atoms with van der Waals surface area (Å²) in [5, 5.41) is 3.47. The average Bonchev–Trinajstić information content (AvgIpc) is 2.53. The molecule has 0 aliphatic carbocycles. The van der Waals surface area contributed by atoms with Crippen molar-refractivity contribution in [2.24, 2.45) is 0 Å². The van der Waals surface area contributed by atoms with Crippen molar-refractivity contribution in [3.05, 3.63) is 64.5 Å². The molecule has 118 valence electrons. The second-order valence-electron chi connectivity index (χ2n) is 4.58.